The van der Waals surface area contributed by atoms with E-state index in [1.165, 1.54) is 44.6 Å². The number of rotatable bonds is 20. The second-order valence-corrected chi connectivity index (χ2v) is 29.4. The minimum atomic E-state index is -2.13. The molecule has 0 radical (unpaired) electrons. The van der Waals surface area contributed by atoms with E-state index >= 15 is 0 Å². The van der Waals surface area contributed by atoms with Crippen LogP contribution in [0.4, 0.5) is 15.3 Å². The molecule has 2 atom stereocenters. The highest BCUT2D eigenvalue weighted by Gasteiger charge is 2.42. The topological polar surface area (TPSA) is 187 Å². The van der Waals surface area contributed by atoms with Crippen molar-refractivity contribution >= 4 is 46.3 Å². The van der Waals surface area contributed by atoms with Gasteiger partial charge in [0.1, 0.15) is 12.4 Å². The van der Waals surface area contributed by atoms with Gasteiger partial charge in [-0.1, -0.05) is 78.5 Å². The summed E-state index contributed by atoms with van der Waals surface area (Å²) in [6.07, 6.45) is 1.01. The maximum absolute atomic E-state index is 14.4. The lowest BCUT2D eigenvalue weighted by molar-refractivity contribution is 0.0677. The van der Waals surface area contributed by atoms with Crippen LogP contribution in [-0.2, 0) is 13.6 Å². The fourth-order valence-electron chi connectivity index (χ4n) is 6.87. The molecule has 2 aromatic rings. The van der Waals surface area contributed by atoms with Gasteiger partial charge in [-0.3, -0.25) is 14.9 Å². The molecule has 4 amide bonds. The van der Waals surface area contributed by atoms with E-state index in [1.54, 1.807) is 9.80 Å². The molecule has 16 nitrogen and oxygen atoms in total. The normalized spacial score (nSPS) is 16.8. The summed E-state index contributed by atoms with van der Waals surface area (Å²) in [7, 11) is -1.36. The van der Waals surface area contributed by atoms with E-state index in [1.807, 2.05) is 0 Å². The number of amides is 4. The first-order chi connectivity index (χ1) is 30.7. The molecule has 364 valence electrons. The van der Waals surface area contributed by atoms with E-state index in [0.717, 1.165) is 11.1 Å². The Bertz CT molecular complexity index is 2150. The van der Waals surface area contributed by atoms with Gasteiger partial charge in [0.2, 0.25) is 0 Å². The van der Waals surface area contributed by atoms with E-state index in [4.69, 9.17) is 43.0 Å². The van der Waals surface area contributed by atoms with Crippen LogP contribution < -0.4 is 34.7 Å². The zero-order chi connectivity index (χ0) is 49.4. The summed E-state index contributed by atoms with van der Waals surface area (Å²) in [5.74, 6) is 0.0556. The largest absolute Gasteiger partial charge is 0.493 e. The first-order valence-electron chi connectivity index (χ1n) is 22.2. The molecule has 3 N–H and O–H groups in total. The van der Waals surface area contributed by atoms with Crippen LogP contribution in [-0.4, -0.2) is 123 Å². The Labute approximate surface area is 393 Å². The van der Waals surface area contributed by atoms with Crippen LogP contribution in [0.5, 0.6) is 28.7 Å². The molecule has 2 aliphatic rings. The number of nitrogens with one attached hydrogen (secondary N) is 1. The summed E-state index contributed by atoms with van der Waals surface area (Å²) in [5.41, 5.74) is 7.61. The van der Waals surface area contributed by atoms with Crippen molar-refractivity contribution in [1.29, 1.82) is 0 Å². The van der Waals surface area contributed by atoms with Crippen molar-refractivity contribution in [2.45, 2.75) is 109 Å². The average Bonchev–Trinajstić information content (AvgIpc) is 3.80. The summed E-state index contributed by atoms with van der Waals surface area (Å²) in [5, 5.41) is 2.66. The molecule has 2 aromatic carbocycles. The van der Waals surface area contributed by atoms with Crippen LogP contribution in [0.3, 0.4) is 0 Å². The standard InChI is InChI=1S/C48H72N4O12Si2/c1-16-18-61-46(56)50-37-25-41(39(57-10)23-35(37)43(53)51-27-31(2)21-33(51)29-62-65(12,13)47(4,5)6)59-19-17-20-60-42-26-38(64-45(49)55)36(24-40(42)58-11)44(54)52-28-32(3)22-34(52)30-63-66(14,15)48(7,8)9/h16,23-26,33-34H,1-3,17-22,27-30H2,4-15H3,(H2,49,55)(H,50,56). The molecule has 0 aliphatic carbocycles. The lowest BCUT2D eigenvalue weighted by atomic mass is 10.1. The third kappa shape index (κ3) is 13.4. The van der Waals surface area contributed by atoms with E-state index in [2.05, 4.69) is 92.8 Å². The van der Waals surface area contributed by atoms with Gasteiger partial charge in [-0.05, 0) is 55.2 Å². The Morgan fingerprint density at radius 2 is 1.18 bits per heavy atom. The molecular formula is C48H72N4O12Si2. The van der Waals surface area contributed by atoms with Crippen molar-refractivity contribution in [3.63, 3.8) is 0 Å². The highest BCUT2D eigenvalue weighted by Crippen LogP contribution is 2.41. The van der Waals surface area contributed by atoms with Crippen LogP contribution >= 0.6 is 0 Å². The van der Waals surface area contributed by atoms with E-state index in [0.29, 0.717) is 45.6 Å². The first-order valence-corrected chi connectivity index (χ1v) is 28.0. The van der Waals surface area contributed by atoms with E-state index < -0.39 is 34.7 Å². The Morgan fingerprint density at radius 1 is 0.727 bits per heavy atom. The number of carbonyl (C=O) groups excluding carboxylic acids is 4. The molecule has 2 fully saturated rings. The zero-order valence-electron chi connectivity index (χ0n) is 41.1. The minimum absolute atomic E-state index is 0.0177. The van der Waals surface area contributed by atoms with Gasteiger partial charge in [0.15, 0.2) is 39.6 Å². The van der Waals surface area contributed by atoms with Gasteiger partial charge in [-0.25, -0.2) is 9.59 Å². The number of hydrogen-bond donors (Lipinski definition) is 2. The molecule has 2 unspecified atom stereocenters. The van der Waals surface area contributed by atoms with Crippen LogP contribution in [0.15, 0.2) is 61.2 Å². The monoisotopic (exact) mass is 952 g/mol. The predicted octanol–water partition coefficient (Wildman–Crippen LogP) is 9.33. The number of ether oxygens (including phenoxy) is 6. The Balaban J connectivity index is 1.52. The molecule has 2 saturated heterocycles. The molecule has 0 spiro atoms. The maximum Gasteiger partial charge on any atom is 0.411 e. The highest BCUT2D eigenvalue weighted by atomic mass is 28.4. The van der Waals surface area contributed by atoms with Gasteiger partial charge in [0.05, 0.1) is 69.5 Å². The van der Waals surface area contributed by atoms with Crippen LogP contribution in [0.1, 0.15) is 81.5 Å². The minimum Gasteiger partial charge on any atom is -0.493 e. The average molecular weight is 953 g/mol. The SMILES string of the molecule is C=CCOC(=O)Nc1cc(OCCCOc2cc(OC(N)=O)c(C(=O)N3CC(=C)CC3CO[Si](C)(C)C(C)(C)C)cc2OC)c(OC)cc1C(=O)N1CC(=C)CC1CO[Si](C)(C)C(C)(C)C. The van der Waals surface area contributed by atoms with Crippen molar-refractivity contribution in [3.8, 4) is 28.7 Å². The lowest BCUT2D eigenvalue weighted by Crippen LogP contribution is -2.46. The number of nitrogens with zero attached hydrogens (tertiary/aromatic N) is 2. The Morgan fingerprint density at radius 3 is 1.62 bits per heavy atom. The lowest BCUT2D eigenvalue weighted by Gasteiger charge is -2.38. The quantitative estimate of drug-likeness (QED) is 0.0729. The summed E-state index contributed by atoms with van der Waals surface area (Å²) < 4.78 is 47.1. The summed E-state index contributed by atoms with van der Waals surface area (Å²) in [4.78, 5) is 56.9. The second kappa shape index (κ2) is 22.0. The predicted molar refractivity (Wildman–Crippen MR) is 260 cm³/mol. The van der Waals surface area contributed by atoms with Crippen LogP contribution in [0.25, 0.3) is 0 Å². The number of likely N-dealkylation sites (tertiary alicyclic amines) is 2. The van der Waals surface area contributed by atoms with Gasteiger partial charge < -0.3 is 52.8 Å². The molecule has 2 heterocycles. The maximum atomic E-state index is 14.4. The van der Waals surface area contributed by atoms with Gasteiger partial charge in [0.25, 0.3) is 11.8 Å². The smallest absolute Gasteiger partial charge is 0.411 e. The number of benzene rings is 2. The Kier molecular flexibility index (Phi) is 17.8. The zero-order valence-corrected chi connectivity index (χ0v) is 43.1. The summed E-state index contributed by atoms with van der Waals surface area (Å²) in [6.45, 7) is 35.0. The first kappa shape index (κ1) is 53.3. The van der Waals surface area contributed by atoms with Gasteiger partial charge >= 0.3 is 12.2 Å². The van der Waals surface area contributed by atoms with Crippen molar-refractivity contribution in [2.24, 2.45) is 5.73 Å². The van der Waals surface area contributed by atoms with Crippen molar-refractivity contribution < 1.29 is 56.5 Å². The number of carbonyl (C=O) groups is 4. The molecule has 0 aromatic heterocycles. The van der Waals surface area contributed by atoms with Crippen LogP contribution in [0.2, 0.25) is 36.3 Å². The van der Waals surface area contributed by atoms with Crippen LogP contribution in [0, 0.1) is 0 Å². The van der Waals surface area contributed by atoms with Crippen molar-refractivity contribution in [1.82, 2.24) is 9.80 Å². The number of methoxy groups -OCH3 is 2. The van der Waals surface area contributed by atoms with Crippen molar-refractivity contribution in [3.05, 3.63) is 72.4 Å². The molecule has 0 bridgehead atoms. The molecule has 66 heavy (non-hydrogen) atoms. The second-order valence-electron chi connectivity index (χ2n) is 19.8. The summed E-state index contributed by atoms with van der Waals surface area (Å²) >= 11 is 0. The number of nitrogens with two attached hydrogens (primary N) is 1. The van der Waals surface area contributed by atoms with Gasteiger partial charge in [-0.15, -0.1) is 0 Å². The Hall–Kier alpha value is -5.31. The van der Waals surface area contributed by atoms with E-state index in [9.17, 15) is 19.2 Å². The number of hydrogen-bond acceptors (Lipinski definition) is 12. The number of primary amides is 1. The van der Waals surface area contributed by atoms with E-state index in [-0.39, 0.29) is 93.4 Å². The molecular weight excluding hydrogens is 881 g/mol. The third-order valence-electron chi connectivity index (χ3n) is 12.7. The molecule has 18 heteroatoms. The fraction of sp³-hybridized carbons (Fsp3) is 0.542. The fourth-order valence-corrected chi connectivity index (χ4v) is 8.95. The molecule has 2 aliphatic heterocycles. The number of anilines is 1. The van der Waals surface area contributed by atoms with Gasteiger partial charge in [0, 0.05) is 37.7 Å². The third-order valence-corrected chi connectivity index (χ3v) is 21.7. The van der Waals surface area contributed by atoms with Crippen molar-refractivity contribution in [2.75, 3.05) is 65.7 Å². The highest BCUT2D eigenvalue weighted by molar-refractivity contribution is 6.74. The molecule has 0 saturated carbocycles. The van der Waals surface area contributed by atoms with Gasteiger partial charge in [-0.2, -0.15) is 0 Å². The summed E-state index contributed by atoms with van der Waals surface area (Å²) in [6, 6.07) is 5.37. The molecule has 4 rings (SSSR count).